The second-order valence-electron chi connectivity index (χ2n) is 10.4. The first-order chi connectivity index (χ1) is 22.1. The van der Waals surface area contributed by atoms with Crippen LogP contribution in [0.2, 0.25) is 0 Å². The van der Waals surface area contributed by atoms with Crippen LogP contribution >= 0.6 is 0 Å². The summed E-state index contributed by atoms with van der Waals surface area (Å²) >= 11 is 0. The topological polar surface area (TPSA) is 288 Å². The van der Waals surface area contributed by atoms with Gasteiger partial charge in [0.1, 0.15) is 35.9 Å². The number of carbonyl (C=O) groups excluding carboxylic acids is 2. The Bertz CT molecular complexity index is 1830. The Balaban J connectivity index is 1.62. The van der Waals surface area contributed by atoms with Gasteiger partial charge in [-0.05, 0) is 18.2 Å². The standard InChI is InChI=1S/C30H26O17/c1-10(31)43-9-22-25(40)26(41)28(47-29(42)12-4-18(36)24(39)19(37)5-12)30(46-22)45-21-8-14-15(33)6-13(32)7-20(14)44-27(21)11-2-16(34)23(38)17(35)3-11/h2-8,22,25-26,28,30,33-41H,9H2,1H3/p+1/t22-,25+,26+,28-,30-/m1/s1. The maximum atomic E-state index is 12.1. The predicted molar refractivity (Wildman–Crippen MR) is 154 cm³/mol. The van der Waals surface area contributed by atoms with E-state index in [-0.39, 0.29) is 28.4 Å². The summed E-state index contributed by atoms with van der Waals surface area (Å²) in [6.07, 6.45) is -9.03. The lowest BCUT2D eigenvalue weighted by molar-refractivity contribution is -0.275. The van der Waals surface area contributed by atoms with Gasteiger partial charge in [-0.25, -0.2) is 0 Å². The summed E-state index contributed by atoms with van der Waals surface area (Å²) in [4.78, 5) is 34.3. The minimum absolute atomic E-state index is 0.0923. The molecule has 0 aromatic heterocycles. The average molecular weight is 660 g/mol. The molecule has 1 aliphatic carbocycles. The summed E-state index contributed by atoms with van der Waals surface area (Å²) in [5.74, 6) is -8.39. The van der Waals surface area contributed by atoms with Crippen molar-refractivity contribution in [2.75, 3.05) is 6.61 Å². The normalized spacial score (nSPS) is 20.9. The quantitative estimate of drug-likeness (QED) is 0.0748. The number of phenolic OH excluding ortho intramolecular Hbond substituents is 7. The van der Waals surface area contributed by atoms with E-state index in [1.807, 2.05) is 0 Å². The Morgan fingerprint density at radius 3 is 2.02 bits per heavy atom. The highest BCUT2D eigenvalue weighted by Crippen LogP contribution is 2.46. The summed E-state index contributed by atoms with van der Waals surface area (Å²) in [7, 11) is 0. The third-order valence-electron chi connectivity index (χ3n) is 7.04. The molecular formula is C30H27O17+. The van der Waals surface area contributed by atoms with Gasteiger partial charge in [0.05, 0.1) is 5.56 Å². The lowest BCUT2D eigenvalue weighted by atomic mass is 9.98. The SMILES string of the molecule is CC(=O)OC[C@H]1O[C@@H](Oc2cc3c(O)cc(=O)cc-3oc2-c2cc(O)c(O)c(O)c2)[C@H](OC(=[OH+])c2cc(O)c(O)c(O)c2)[C@@H](O)[C@H]1O. The highest BCUT2D eigenvalue weighted by molar-refractivity contribution is 5.92. The third kappa shape index (κ3) is 6.43. The van der Waals surface area contributed by atoms with Gasteiger partial charge >= 0.3 is 11.9 Å². The van der Waals surface area contributed by atoms with Crippen LogP contribution in [0.1, 0.15) is 12.5 Å². The number of hydrogen-bond acceptors (Lipinski definition) is 16. The van der Waals surface area contributed by atoms with E-state index in [0.29, 0.717) is 0 Å². The molecule has 3 aliphatic rings. The van der Waals surface area contributed by atoms with E-state index >= 15 is 0 Å². The van der Waals surface area contributed by atoms with Crippen molar-refractivity contribution >= 4 is 11.9 Å². The largest absolute Gasteiger partial charge is 0.518 e. The fourth-order valence-corrected chi connectivity index (χ4v) is 4.71. The van der Waals surface area contributed by atoms with Crippen LogP contribution in [0.4, 0.5) is 0 Å². The molecule has 1 fully saturated rings. The summed E-state index contributed by atoms with van der Waals surface area (Å²) in [5.41, 5.74) is -1.30. The highest BCUT2D eigenvalue weighted by atomic mass is 16.7. The second-order valence-corrected chi connectivity index (χ2v) is 10.4. The van der Waals surface area contributed by atoms with E-state index in [0.717, 1.165) is 49.4 Å². The molecule has 2 aromatic carbocycles. The van der Waals surface area contributed by atoms with Crippen LogP contribution in [-0.2, 0) is 19.0 Å². The van der Waals surface area contributed by atoms with Crippen LogP contribution in [0.3, 0.4) is 0 Å². The van der Waals surface area contributed by atoms with E-state index in [1.165, 1.54) is 0 Å². The Hall–Kier alpha value is -5.91. The fraction of sp³-hybridized carbons (Fsp3) is 0.233. The van der Waals surface area contributed by atoms with Gasteiger partial charge in [0.15, 0.2) is 57.5 Å². The maximum absolute atomic E-state index is 12.1. The summed E-state index contributed by atoms with van der Waals surface area (Å²) in [6, 6.07) is 6.52. The number of aliphatic hydroxyl groups is 2. The minimum Gasteiger partial charge on any atom is -0.507 e. The molecule has 1 saturated heterocycles. The molecule has 17 heteroatoms. The molecular weight excluding hydrogens is 632 g/mol. The van der Waals surface area contributed by atoms with Gasteiger partial charge in [0, 0.05) is 36.8 Å². The van der Waals surface area contributed by atoms with Crippen molar-refractivity contribution in [3.63, 3.8) is 0 Å². The number of carbonyl (C=O) groups is 1. The van der Waals surface area contributed by atoms with Crippen molar-refractivity contribution in [1.82, 2.24) is 0 Å². The van der Waals surface area contributed by atoms with Crippen LogP contribution in [0.15, 0.2) is 51.7 Å². The van der Waals surface area contributed by atoms with Crippen molar-refractivity contribution in [2.24, 2.45) is 0 Å². The van der Waals surface area contributed by atoms with Crippen molar-refractivity contribution in [3.05, 3.63) is 58.3 Å². The van der Waals surface area contributed by atoms with Gasteiger partial charge in [-0.1, -0.05) is 0 Å². The summed E-state index contributed by atoms with van der Waals surface area (Å²) in [5, 5.41) is 91.9. The number of aromatic hydroxyl groups is 7. The monoisotopic (exact) mass is 659 g/mol. The molecule has 0 bridgehead atoms. The van der Waals surface area contributed by atoms with Crippen molar-refractivity contribution in [1.29, 1.82) is 0 Å². The Kier molecular flexibility index (Phi) is 8.62. The zero-order chi connectivity index (χ0) is 34.3. The average Bonchev–Trinajstić information content (AvgIpc) is 3.00. The van der Waals surface area contributed by atoms with Crippen molar-refractivity contribution in [2.45, 2.75) is 37.6 Å². The zero-order valence-corrected chi connectivity index (χ0v) is 24.0. The Labute approximate surface area is 262 Å². The minimum atomic E-state index is -1.98. The molecule has 2 heterocycles. The Morgan fingerprint density at radius 1 is 0.830 bits per heavy atom. The number of phenols is 7. The van der Waals surface area contributed by atoms with Crippen LogP contribution in [0.5, 0.6) is 46.0 Å². The van der Waals surface area contributed by atoms with Crippen LogP contribution in [-0.4, -0.2) is 100 Å². The number of fused-ring (bicyclic) bond motifs is 1. The summed E-state index contributed by atoms with van der Waals surface area (Å²) in [6.45, 7) is 0.476. The van der Waals surface area contributed by atoms with E-state index in [9.17, 15) is 60.3 Å². The van der Waals surface area contributed by atoms with E-state index in [1.54, 1.807) is 0 Å². The Morgan fingerprint density at radius 2 is 1.43 bits per heavy atom. The zero-order valence-electron chi connectivity index (χ0n) is 24.0. The molecule has 5 rings (SSSR count). The van der Waals surface area contributed by atoms with E-state index in [2.05, 4.69) is 0 Å². The molecule has 2 aromatic rings. The fourth-order valence-electron chi connectivity index (χ4n) is 4.71. The lowest BCUT2D eigenvalue weighted by Crippen LogP contribution is -2.61. The van der Waals surface area contributed by atoms with Crippen molar-refractivity contribution in [3.8, 4) is 68.6 Å². The molecule has 248 valence electrons. The maximum Gasteiger partial charge on any atom is 0.518 e. The number of hydrogen-bond donors (Lipinski definition) is 9. The molecule has 17 nitrogen and oxygen atoms in total. The number of ether oxygens (including phenoxy) is 4. The molecule has 0 spiro atoms. The van der Waals surface area contributed by atoms with Crippen LogP contribution in [0, 0.1) is 0 Å². The summed E-state index contributed by atoms with van der Waals surface area (Å²) < 4.78 is 27.9. The van der Waals surface area contributed by atoms with Gasteiger partial charge in [0.25, 0.3) is 12.4 Å². The number of esters is 2. The first-order valence-corrected chi connectivity index (χ1v) is 13.5. The number of rotatable bonds is 7. The molecule has 2 aliphatic heterocycles. The smallest absolute Gasteiger partial charge is 0.507 e. The number of aliphatic hydroxyl groups excluding tert-OH is 2. The number of benzene rings is 3. The highest BCUT2D eigenvalue weighted by Gasteiger charge is 2.53. The van der Waals surface area contributed by atoms with E-state index in [4.69, 9.17) is 23.4 Å². The molecule has 0 unspecified atom stereocenters. The van der Waals surface area contributed by atoms with Gasteiger partial charge in [-0.2, -0.15) is 0 Å². The van der Waals surface area contributed by atoms with E-state index < -0.39 is 100 Å². The molecule has 0 saturated carbocycles. The molecule has 0 radical (unpaired) electrons. The van der Waals surface area contributed by atoms with Crippen molar-refractivity contribution < 1.29 is 78.9 Å². The lowest BCUT2D eigenvalue weighted by Gasteiger charge is -2.38. The molecule has 5 atom stereocenters. The first kappa shape index (κ1) is 32.5. The van der Waals surface area contributed by atoms with Crippen LogP contribution in [0.25, 0.3) is 22.6 Å². The predicted octanol–water partition coefficient (Wildman–Crippen LogP) is 0.675. The molecule has 47 heavy (non-hydrogen) atoms. The van der Waals surface area contributed by atoms with Gasteiger partial charge in [-0.15, -0.1) is 0 Å². The van der Waals surface area contributed by atoms with Crippen LogP contribution < -0.4 is 10.2 Å². The second kappa shape index (κ2) is 12.5. The van der Waals surface area contributed by atoms with Gasteiger partial charge < -0.3 is 74.1 Å². The molecule has 10 N–H and O–H groups in total. The molecule has 0 amide bonds. The van der Waals surface area contributed by atoms with Gasteiger partial charge in [-0.3, -0.25) is 9.59 Å². The van der Waals surface area contributed by atoms with Gasteiger partial charge in [0.2, 0.25) is 0 Å². The third-order valence-corrected chi connectivity index (χ3v) is 7.04. The first-order valence-electron chi connectivity index (χ1n) is 13.5.